The number of carbonyl (C=O) groups is 4. The van der Waals surface area contributed by atoms with Crippen LogP contribution < -0.4 is 11.1 Å². The molecule has 8 heteroatoms. The van der Waals surface area contributed by atoms with Crippen molar-refractivity contribution < 1.29 is 23.6 Å². The molecule has 1 fully saturated rings. The number of nitrogens with one attached hydrogen (secondary N) is 1. The number of fused-ring (bicyclic) bond motifs is 1. The van der Waals surface area contributed by atoms with Gasteiger partial charge in [-0.05, 0) is 18.6 Å². The first-order chi connectivity index (χ1) is 11.5. The van der Waals surface area contributed by atoms with Crippen molar-refractivity contribution in [1.29, 1.82) is 0 Å². The minimum absolute atomic E-state index is 0.000477. The van der Waals surface area contributed by atoms with Gasteiger partial charge in [0, 0.05) is 6.42 Å². The van der Waals surface area contributed by atoms with Crippen molar-refractivity contribution in [1.82, 2.24) is 10.2 Å². The maximum Gasteiger partial charge on any atom is 0.265 e. The Morgan fingerprint density at radius 1 is 1.25 bits per heavy atom. The molecule has 3 N–H and O–H groups in total. The second kappa shape index (κ2) is 5.86. The number of nitrogens with zero attached hydrogens (tertiary/aromatic N) is 1. The summed E-state index contributed by atoms with van der Waals surface area (Å²) in [6.07, 6.45) is 0.0110. The quantitative estimate of drug-likeness (QED) is 0.535. The molecule has 0 spiro atoms. The lowest BCUT2D eigenvalue weighted by atomic mass is 10.0. The van der Waals surface area contributed by atoms with Crippen LogP contribution in [0.4, 0.5) is 4.39 Å². The standard InChI is InChI=1S/C16H12FN3O4/c17-13-8(2-1-7-18)3-4-9-12(13)16(24)20(15(9)23)10-5-6-11(21)19-14(10)22/h3-4,10H,5-7,18H2,(H,19,21,22). The topological polar surface area (TPSA) is 110 Å². The number of carbonyl (C=O) groups excluding carboxylic acids is 4. The summed E-state index contributed by atoms with van der Waals surface area (Å²) in [4.78, 5) is 48.8. The van der Waals surface area contributed by atoms with E-state index in [4.69, 9.17) is 5.73 Å². The Morgan fingerprint density at radius 3 is 2.67 bits per heavy atom. The third kappa shape index (κ3) is 2.35. The van der Waals surface area contributed by atoms with E-state index in [2.05, 4.69) is 17.2 Å². The lowest BCUT2D eigenvalue weighted by Gasteiger charge is -2.27. The first-order valence-corrected chi connectivity index (χ1v) is 7.18. The molecular weight excluding hydrogens is 317 g/mol. The summed E-state index contributed by atoms with van der Waals surface area (Å²) in [5.74, 6) is 1.16. The highest BCUT2D eigenvalue weighted by Crippen LogP contribution is 2.30. The molecule has 24 heavy (non-hydrogen) atoms. The molecule has 1 unspecified atom stereocenters. The van der Waals surface area contributed by atoms with Gasteiger partial charge in [0.2, 0.25) is 11.8 Å². The van der Waals surface area contributed by atoms with Crippen LogP contribution >= 0.6 is 0 Å². The maximum absolute atomic E-state index is 14.5. The van der Waals surface area contributed by atoms with Crippen LogP contribution in [0, 0.1) is 17.7 Å². The van der Waals surface area contributed by atoms with Crippen molar-refractivity contribution >= 4 is 23.6 Å². The molecule has 1 atom stereocenters. The van der Waals surface area contributed by atoms with Crippen LogP contribution in [0.25, 0.3) is 0 Å². The van der Waals surface area contributed by atoms with Crippen molar-refractivity contribution in [2.45, 2.75) is 18.9 Å². The van der Waals surface area contributed by atoms with Gasteiger partial charge in [-0.3, -0.25) is 29.4 Å². The maximum atomic E-state index is 14.5. The van der Waals surface area contributed by atoms with Gasteiger partial charge in [-0.25, -0.2) is 4.39 Å². The zero-order chi connectivity index (χ0) is 17.4. The average Bonchev–Trinajstić information content (AvgIpc) is 2.79. The van der Waals surface area contributed by atoms with Crippen LogP contribution in [0.5, 0.6) is 0 Å². The minimum Gasteiger partial charge on any atom is -0.320 e. The molecule has 7 nitrogen and oxygen atoms in total. The average molecular weight is 329 g/mol. The summed E-state index contributed by atoms with van der Waals surface area (Å²) in [6, 6.07) is 1.45. The second-order valence-electron chi connectivity index (χ2n) is 5.30. The van der Waals surface area contributed by atoms with Crippen molar-refractivity contribution in [2.24, 2.45) is 5.73 Å². The zero-order valence-corrected chi connectivity index (χ0v) is 12.4. The van der Waals surface area contributed by atoms with Crippen molar-refractivity contribution in [3.63, 3.8) is 0 Å². The summed E-state index contributed by atoms with van der Waals surface area (Å²) >= 11 is 0. The van der Waals surface area contributed by atoms with Gasteiger partial charge in [-0.1, -0.05) is 11.8 Å². The molecule has 1 aromatic carbocycles. The van der Waals surface area contributed by atoms with Gasteiger partial charge in [-0.2, -0.15) is 0 Å². The highest BCUT2D eigenvalue weighted by atomic mass is 19.1. The van der Waals surface area contributed by atoms with Crippen molar-refractivity contribution in [2.75, 3.05) is 6.54 Å². The van der Waals surface area contributed by atoms with Crippen LogP contribution in [0.3, 0.4) is 0 Å². The molecule has 2 aliphatic heterocycles. The minimum atomic E-state index is -1.13. The van der Waals surface area contributed by atoms with Crippen molar-refractivity contribution in [3.8, 4) is 11.8 Å². The first kappa shape index (κ1) is 15.8. The zero-order valence-electron chi connectivity index (χ0n) is 12.4. The lowest BCUT2D eigenvalue weighted by Crippen LogP contribution is -2.54. The normalized spacial score (nSPS) is 19.8. The predicted molar refractivity (Wildman–Crippen MR) is 79.0 cm³/mol. The van der Waals surface area contributed by atoms with Crippen LogP contribution in [0.15, 0.2) is 12.1 Å². The number of imide groups is 2. The van der Waals surface area contributed by atoms with Gasteiger partial charge in [0.05, 0.1) is 23.2 Å². The molecule has 122 valence electrons. The molecule has 0 aromatic heterocycles. The van der Waals surface area contributed by atoms with E-state index in [1.165, 1.54) is 12.1 Å². The van der Waals surface area contributed by atoms with E-state index in [1.807, 2.05) is 0 Å². The molecule has 0 saturated carbocycles. The molecule has 0 bridgehead atoms. The second-order valence-corrected chi connectivity index (χ2v) is 5.30. The van der Waals surface area contributed by atoms with Gasteiger partial charge in [0.15, 0.2) is 5.82 Å². The summed E-state index contributed by atoms with van der Waals surface area (Å²) < 4.78 is 14.5. The highest BCUT2D eigenvalue weighted by Gasteiger charge is 2.46. The number of nitrogens with two attached hydrogens (primary N) is 1. The van der Waals surface area contributed by atoms with Crippen LogP contribution in [0.1, 0.15) is 39.1 Å². The fraction of sp³-hybridized carbons (Fsp3) is 0.250. The Hall–Kier alpha value is -3.05. The molecule has 4 amide bonds. The number of piperidine rings is 1. The van der Waals surface area contributed by atoms with E-state index >= 15 is 0 Å². The Labute approximate surface area is 136 Å². The van der Waals surface area contributed by atoms with Crippen LogP contribution in [-0.2, 0) is 9.59 Å². The summed E-state index contributed by atoms with van der Waals surface area (Å²) in [6.45, 7) is 0.0196. The molecule has 2 heterocycles. The van der Waals surface area contributed by atoms with Crippen LogP contribution in [0.2, 0.25) is 0 Å². The molecule has 1 saturated heterocycles. The third-order valence-corrected chi connectivity index (χ3v) is 3.87. The number of rotatable bonds is 1. The third-order valence-electron chi connectivity index (χ3n) is 3.87. The van der Waals surface area contributed by atoms with E-state index < -0.39 is 41.1 Å². The fourth-order valence-electron chi connectivity index (χ4n) is 2.76. The van der Waals surface area contributed by atoms with Gasteiger partial charge in [0.25, 0.3) is 11.8 Å². The first-order valence-electron chi connectivity index (χ1n) is 7.18. The fourth-order valence-corrected chi connectivity index (χ4v) is 2.76. The number of halogens is 1. The van der Waals surface area contributed by atoms with E-state index in [1.54, 1.807) is 0 Å². The van der Waals surface area contributed by atoms with E-state index in [0.29, 0.717) is 4.90 Å². The number of hydrogen-bond acceptors (Lipinski definition) is 5. The summed E-state index contributed by atoms with van der Waals surface area (Å²) in [5.41, 5.74) is 4.65. The molecule has 3 rings (SSSR count). The van der Waals surface area contributed by atoms with Crippen molar-refractivity contribution in [3.05, 3.63) is 34.6 Å². The van der Waals surface area contributed by atoms with E-state index in [9.17, 15) is 23.6 Å². The molecule has 1 aromatic rings. The summed E-state index contributed by atoms with van der Waals surface area (Å²) in [5, 5.41) is 2.07. The van der Waals surface area contributed by atoms with Crippen LogP contribution in [-0.4, -0.2) is 41.1 Å². The van der Waals surface area contributed by atoms with E-state index in [-0.39, 0.29) is 30.5 Å². The number of benzene rings is 1. The molecule has 2 aliphatic rings. The monoisotopic (exact) mass is 329 g/mol. The Kier molecular flexibility index (Phi) is 3.87. The van der Waals surface area contributed by atoms with Gasteiger partial charge >= 0.3 is 0 Å². The Morgan fingerprint density at radius 2 is 2.00 bits per heavy atom. The number of hydrogen-bond donors (Lipinski definition) is 2. The summed E-state index contributed by atoms with van der Waals surface area (Å²) in [7, 11) is 0. The Bertz CT molecular complexity index is 853. The SMILES string of the molecule is NCC#Cc1ccc2c(c1F)C(=O)N(C1CCC(=O)NC1=O)C2=O. The molecule has 0 radical (unpaired) electrons. The smallest absolute Gasteiger partial charge is 0.265 e. The largest absolute Gasteiger partial charge is 0.320 e. The Balaban J connectivity index is 2.01. The molecule has 0 aliphatic carbocycles. The van der Waals surface area contributed by atoms with E-state index in [0.717, 1.165) is 0 Å². The van der Waals surface area contributed by atoms with Gasteiger partial charge in [-0.15, -0.1) is 0 Å². The van der Waals surface area contributed by atoms with Gasteiger partial charge < -0.3 is 5.73 Å². The highest BCUT2D eigenvalue weighted by molar-refractivity contribution is 6.23. The van der Waals surface area contributed by atoms with Gasteiger partial charge in [0.1, 0.15) is 6.04 Å². The molecular formula is C16H12FN3O4. The lowest BCUT2D eigenvalue weighted by molar-refractivity contribution is -0.136. The number of amides is 4. The predicted octanol–water partition coefficient (Wildman–Crippen LogP) is -0.463.